The minimum absolute atomic E-state index is 0.164. The number of alkyl halides is 3. The number of nitrogens with zero attached hydrogens (tertiary/aromatic N) is 3. The van der Waals surface area contributed by atoms with Crippen LogP contribution >= 0.6 is 0 Å². The van der Waals surface area contributed by atoms with Crippen LogP contribution < -0.4 is 0 Å². The standard InChI is InChI=1S/C10H10F3N3OS/c1-16(7-14)18(17)5-4-8-2-3-9(15-6-8)10(11,12)13/h2-3,6H,4-5H2,1H3. The minimum atomic E-state index is -4.46. The predicted molar refractivity (Wildman–Crippen MR) is 57.7 cm³/mol. The van der Waals surface area contributed by atoms with Gasteiger partial charge in [0.2, 0.25) is 0 Å². The summed E-state index contributed by atoms with van der Waals surface area (Å²) in [5.74, 6) is 0.164. The van der Waals surface area contributed by atoms with Crippen molar-refractivity contribution in [3.05, 3.63) is 29.6 Å². The highest BCUT2D eigenvalue weighted by molar-refractivity contribution is 7.79. The van der Waals surface area contributed by atoms with Crippen LogP contribution in [0.5, 0.6) is 0 Å². The maximum absolute atomic E-state index is 12.2. The van der Waals surface area contributed by atoms with E-state index in [-0.39, 0.29) is 5.75 Å². The van der Waals surface area contributed by atoms with Crippen molar-refractivity contribution < 1.29 is 21.7 Å². The van der Waals surface area contributed by atoms with Crippen LogP contribution in [0.2, 0.25) is 0 Å². The normalized spacial score (nSPS) is 13.9. The Morgan fingerprint density at radius 3 is 2.61 bits per heavy atom. The van der Waals surface area contributed by atoms with Crippen molar-refractivity contribution in [3.8, 4) is 6.19 Å². The number of halogens is 3. The van der Waals surface area contributed by atoms with E-state index in [1.165, 1.54) is 13.1 Å². The Balaban J connectivity index is 2.69. The third kappa shape index (κ3) is 4.09. The van der Waals surface area contributed by atoms with E-state index in [2.05, 4.69) is 4.98 Å². The number of aryl methyl sites for hydroxylation is 1. The third-order valence-corrected chi connectivity index (χ3v) is 3.37. The maximum Gasteiger partial charge on any atom is 0.464 e. The summed E-state index contributed by atoms with van der Waals surface area (Å²) in [5, 5.41) is 8.47. The summed E-state index contributed by atoms with van der Waals surface area (Å²) in [6, 6.07) is 2.17. The van der Waals surface area contributed by atoms with Crippen LogP contribution in [0.1, 0.15) is 11.3 Å². The molecule has 0 fully saturated rings. The summed E-state index contributed by atoms with van der Waals surface area (Å²) in [6.07, 6.45) is -1.36. The first-order valence-electron chi connectivity index (χ1n) is 4.88. The predicted octanol–water partition coefficient (Wildman–Crippen LogP) is 1.70. The lowest BCUT2D eigenvalue weighted by molar-refractivity contribution is -0.379. The molecule has 0 aliphatic heterocycles. The molecule has 1 unspecified atom stereocenters. The summed E-state index contributed by atoms with van der Waals surface area (Å²) in [7, 11) is -0.0894. The average molecular weight is 277 g/mol. The molecule has 1 heterocycles. The van der Waals surface area contributed by atoms with Gasteiger partial charge in [0.25, 0.3) is 0 Å². The largest absolute Gasteiger partial charge is 0.772 e. The topological polar surface area (TPSA) is 62.8 Å². The molecule has 0 bridgehead atoms. The Morgan fingerprint density at radius 2 is 2.17 bits per heavy atom. The van der Waals surface area contributed by atoms with E-state index in [0.717, 1.165) is 16.2 Å². The lowest BCUT2D eigenvalue weighted by Gasteiger charge is -2.11. The van der Waals surface area contributed by atoms with Gasteiger partial charge < -0.3 is 4.55 Å². The highest BCUT2D eigenvalue weighted by Crippen LogP contribution is 2.27. The zero-order chi connectivity index (χ0) is 13.8. The van der Waals surface area contributed by atoms with Gasteiger partial charge in [-0.25, -0.2) is 0 Å². The van der Waals surface area contributed by atoms with Crippen molar-refractivity contribution in [2.45, 2.75) is 12.6 Å². The second-order valence-corrected chi connectivity index (χ2v) is 5.02. The summed E-state index contributed by atoms with van der Waals surface area (Å²) in [6.45, 7) is 0. The molecule has 1 rings (SSSR count). The summed E-state index contributed by atoms with van der Waals surface area (Å²) in [5.41, 5.74) is -0.413. The molecule has 0 spiro atoms. The van der Waals surface area contributed by atoms with Gasteiger partial charge in [0, 0.05) is 11.9 Å². The van der Waals surface area contributed by atoms with Crippen LogP contribution in [0, 0.1) is 11.5 Å². The monoisotopic (exact) mass is 277 g/mol. The van der Waals surface area contributed by atoms with Crippen molar-refractivity contribution in [3.63, 3.8) is 0 Å². The average Bonchev–Trinajstić information content (AvgIpc) is 2.34. The van der Waals surface area contributed by atoms with Gasteiger partial charge in [-0.3, -0.25) is 4.98 Å². The molecular formula is C10H10F3N3OS. The molecule has 0 radical (unpaired) electrons. The Hall–Kier alpha value is -1.46. The van der Waals surface area contributed by atoms with Gasteiger partial charge in [0.15, 0.2) is 5.26 Å². The van der Waals surface area contributed by atoms with E-state index >= 15 is 0 Å². The number of pyridine rings is 1. The van der Waals surface area contributed by atoms with Gasteiger partial charge in [-0.2, -0.15) is 17.1 Å². The fourth-order valence-corrected chi connectivity index (χ4v) is 1.90. The van der Waals surface area contributed by atoms with E-state index in [1.54, 1.807) is 6.19 Å². The first-order valence-corrected chi connectivity index (χ1v) is 6.16. The van der Waals surface area contributed by atoms with E-state index in [1.807, 2.05) is 0 Å². The molecule has 0 saturated heterocycles. The van der Waals surface area contributed by atoms with Crippen LogP contribution in [0.4, 0.5) is 13.2 Å². The van der Waals surface area contributed by atoms with Crippen molar-refractivity contribution >= 4 is 11.0 Å². The quantitative estimate of drug-likeness (QED) is 0.480. The number of hydrogen-bond acceptors (Lipinski definition) is 3. The van der Waals surface area contributed by atoms with Gasteiger partial charge in [0.05, 0.1) is 7.05 Å². The first kappa shape index (κ1) is 14.6. The Morgan fingerprint density at radius 1 is 1.50 bits per heavy atom. The molecule has 0 amide bonds. The van der Waals surface area contributed by atoms with Crippen molar-refractivity contribution in [1.29, 1.82) is 5.26 Å². The van der Waals surface area contributed by atoms with E-state index in [4.69, 9.17) is 5.26 Å². The highest BCUT2D eigenvalue weighted by Gasteiger charge is 2.31. The summed E-state index contributed by atoms with van der Waals surface area (Å²) in [4.78, 5) is 3.29. The lowest BCUT2D eigenvalue weighted by Crippen LogP contribution is -2.12. The van der Waals surface area contributed by atoms with Gasteiger partial charge in [-0.1, -0.05) is 17.0 Å². The molecule has 18 heavy (non-hydrogen) atoms. The molecule has 1 aromatic rings. The maximum atomic E-state index is 12.2. The Bertz CT molecular complexity index is 491. The fraction of sp³-hybridized carbons (Fsp3) is 0.400. The van der Waals surface area contributed by atoms with Crippen LogP contribution in [-0.2, 0) is 23.6 Å². The molecule has 0 saturated carbocycles. The van der Waals surface area contributed by atoms with Crippen molar-refractivity contribution in [2.75, 3.05) is 12.8 Å². The number of rotatable bonds is 3. The summed E-state index contributed by atoms with van der Waals surface area (Å²) < 4.78 is 49.1. The van der Waals surface area contributed by atoms with E-state index < -0.39 is 22.8 Å². The number of nitriles is 1. The highest BCUT2D eigenvalue weighted by atomic mass is 32.2. The van der Waals surface area contributed by atoms with Crippen LogP contribution in [0.25, 0.3) is 0 Å². The minimum Gasteiger partial charge on any atom is -0.772 e. The van der Waals surface area contributed by atoms with Crippen LogP contribution in [-0.4, -0.2) is 26.3 Å². The molecule has 4 nitrogen and oxygen atoms in total. The Labute approximate surface area is 105 Å². The molecule has 0 aromatic carbocycles. The molecule has 1 aromatic heterocycles. The Kier molecular flexibility index (Phi) is 4.81. The fourth-order valence-electron chi connectivity index (χ4n) is 1.13. The number of aromatic nitrogens is 1. The number of hydrogen-bond donors (Lipinski definition) is 0. The first-order chi connectivity index (χ1) is 8.34. The molecule has 8 heteroatoms. The van der Waals surface area contributed by atoms with Gasteiger partial charge >= 0.3 is 12.4 Å². The summed E-state index contributed by atoms with van der Waals surface area (Å²) >= 11 is 0. The molecule has 1 atom stereocenters. The van der Waals surface area contributed by atoms with Crippen molar-refractivity contribution in [2.24, 2.45) is 0 Å². The second kappa shape index (κ2) is 5.93. The SMILES string of the molecule is C[N+](C#N)=S([O-])CCc1ccc(C(F)(F)F)nc1. The van der Waals surface area contributed by atoms with Gasteiger partial charge in [0.1, 0.15) is 5.69 Å². The molecular weight excluding hydrogens is 267 g/mol. The zero-order valence-electron chi connectivity index (χ0n) is 9.44. The van der Waals surface area contributed by atoms with Crippen molar-refractivity contribution in [1.82, 2.24) is 4.98 Å². The van der Waals surface area contributed by atoms with Crippen LogP contribution in [0.3, 0.4) is 0 Å². The zero-order valence-corrected chi connectivity index (χ0v) is 10.3. The second-order valence-electron chi connectivity index (χ2n) is 3.42. The van der Waals surface area contributed by atoms with Gasteiger partial charge in [-0.15, -0.1) is 0 Å². The van der Waals surface area contributed by atoms with E-state index in [9.17, 15) is 17.7 Å². The smallest absolute Gasteiger partial charge is 0.464 e. The molecule has 98 valence electrons. The molecule has 0 aliphatic rings. The van der Waals surface area contributed by atoms with Gasteiger partial charge in [-0.05, 0) is 18.1 Å². The van der Waals surface area contributed by atoms with E-state index in [0.29, 0.717) is 12.0 Å². The molecule has 0 N–H and O–H groups in total. The lowest BCUT2D eigenvalue weighted by atomic mass is 10.2. The third-order valence-electron chi connectivity index (χ3n) is 2.13. The molecule has 0 aliphatic carbocycles. The van der Waals surface area contributed by atoms with Crippen LogP contribution in [0.15, 0.2) is 18.3 Å².